The zero-order chi connectivity index (χ0) is 10.4. The van der Waals surface area contributed by atoms with Crippen molar-refractivity contribution in [2.24, 2.45) is 0 Å². The molecule has 0 rings (SSSR count). The molecule has 1 N–H and O–H groups in total. The van der Waals surface area contributed by atoms with Gasteiger partial charge in [-0.05, 0) is 20.8 Å². The number of nitrogens with zero attached hydrogens (tertiary/aromatic N) is 2. The second kappa shape index (κ2) is 5.80. The van der Waals surface area contributed by atoms with Crippen LogP contribution in [0.25, 0.3) is 0 Å². The Bertz CT molecular complexity index is 160. The number of hydrogen-bond donors (Lipinski definition) is 1. The molecule has 4 nitrogen and oxygen atoms in total. The van der Waals surface area contributed by atoms with E-state index in [0.29, 0.717) is 13.1 Å². The molecule has 0 heterocycles. The van der Waals surface area contributed by atoms with E-state index < -0.39 is 0 Å². The van der Waals surface area contributed by atoms with Gasteiger partial charge in [0.1, 0.15) is 0 Å². The minimum atomic E-state index is -0.0217. The molecule has 0 atom stereocenters. The molecule has 0 aromatic heterocycles. The molecule has 0 aromatic rings. The second-order valence-corrected chi connectivity index (χ2v) is 3.31. The van der Waals surface area contributed by atoms with Crippen LogP contribution in [0.3, 0.4) is 0 Å². The average molecular weight is 188 g/mol. The Kier molecular flexibility index (Phi) is 5.46. The first-order valence-electron chi connectivity index (χ1n) is 4.67. The third kappa shape index (κ3) is 3.63. The average Bonchev–Trinajstić information content (AvgIpc) is 2.11. The Morgan fingerprint density at radius 2 is 2.00 bits per heavy atom. The zero-order valence-corrected chi connectivity index (χ0v) is 8.95. The minimum Gasteiger partial charge on any atom is -0.395 e. The van der Waals surface area contributed by atoms with Gasteiger partial charge in [-0.15, -0.1) is 0 Å². The summed E-state index contributed by atoms with van der Waals surface area (Å²) in [4.78, 5) is 14.9. The number of aliphatic hydroxyl groups excluding tert-OH is 1. The molecule has 0 saturated carbocycles. The summed E-state index contributed by atoms with van der Waals surface area (Å²) in [5, 5.41) is 8.78. The molecule has 0 fully saturated rings. The largest absolute Gasteiger partial charge is 0.395 e. The van der Waals surface area contributed by atoms with E-state index in [9.17, 15) is 4.79 Å². The number of rotatable bonds is 4. The Balaban J connectivity index is 4.27. The first-order valence-corrected chi connectivity index (χ1v) is 4.67. The van der Waals surface area contributed by atoms with Crippen molar-refractivity contribution < 1.29 is 9.90 Å². The molecule has 0 spiro atoms. The zero-order valence-electron chi connectivity index (χ0n) is 8.95. The van der Waals surface area contributed by atoms with E-state index in [0.717, 1.165) is 0 Å². The van der Waals surface area contributed by atoms with Crippen LogP contribution < -0.4 is 0 Å². The summed E-state index contributed by atoms with van der Waals surface area (Å²) in [5.74, 6) is 0. The standard InChI is InChI=1S/C9H20N2O2/c1-5-10(4)9(13)11(6-7-12)8(2)3/h8,12H,5-7H2,1-4H3. The molecular formula is C9H20N2O2. The van der Waals surface area contributed by atoms with E-state index in [1.54, 1.807) is 16.8 Å². The van der Waals surface area contributed by atoms with Crippen LogP contribution in [0, 0.1) is 0 Å². The predicted molar refractivity (Wildman–Crippen MR) is 52.6 cm³/mol. The van der Waals surface area contributed by atoms with Crippen LogP contribution >= 0.6 is 0 Å². The van der Waals surface area contributed by atoms with Crippen molar-refractivity contribution in [3.63, 3.8) is 0 Å². The van der Waals surface area contributed by atoms with Crippen molar-refractivity contribution >= 4 is 6.03 Å². The van der Waals surface area contributed by atoms with Gasteiger partial charge in [0.25, 0.3) is 0 Å². The monoisotopic (exact) mass is 188 g/mol. The number of urea groups is 1. The van der Waals surface area contributed by atoms with Gasteiger partial charge in [-0.25, -0.2) is 4.79 Å². The highest BCUT2D eigenvalue weighted by molar-refractivity contribution is 5.74. The lowest BCUT2D eigenvalue weighted by molar-refractivity contribution is 0.135. The number of carbonyl (C=O) groups is 1. The third-order valence-corrected chi connectivity index (χ3v) is 2.01. The molecule has 0 aromatic carbocycles. The van der Waals surface area contributed by atoms with Crippen LogP contribution in [0.4, 0.5) is 4.79 Å². The summed E-state index contributed by atoms with van der Waals surface area (Å²) in [6, 6.07) is 0.111. The molecular weight excluding hydrogens is 168 g/mol. The smallest absolute Gasteiger partial charge is 0.320 e. The summed E-state index contributed by atoms with van der Waals surface area (Å²) >= 11 is 0. The lowest BCUT2D eigenvalue weighted by atomic mass is 10.3. The van der Waals surface area contributed by atoms with Gasteiger partial charge in [0.2, 0.25) is 0 Å². The summed E-state index contributed by atoms with van der Waals surface area (Å²) in [7, 11) is 1.76. The lowest BCUT2D eigenvalue weighted by Gasteiger charge is -2.30. The quantitative estimate of drug-likeness (QED) is 0.708. The summed E-state index contributed by atoms with van der Waals surface area (Å²) in [6.45, 7) is 6.92. The van der Waals surface area contributed by atoms with Crippen molar-refractivity contribution in [1.29, 1.82) is 0 Å². The second-order valence-electron chi connectivity index (χ2n) is 3.31. The molecule has 4 heteroatoms. The SMILES string of the molecule is CCN(C)C(=O)N(CCO)C(C)C. The van der Waals surface area contributed by atoms with Crippen LogP contribution in [0.5, 0.6) is 0 Å². The third-order valence-electron chi connectivity index (χ3n) is 2.01. The topological polar surface area (TPSA) is 43.8 Å². The van der Waals surface area contributed by atoms with E-state index in [4.69, 9.17) is 5.11 Å². The van der Waals surface area contributed by atoms with Gasteiger partial charge in [-0.2, -0.15) is 0 Å². The maximum absolute atomic E-state index is 11.6. The number of hydrogen-bond acceptors (Lipinski definition) is 2. The Morgan fingerprint density at radius 1 is 1.46 bits per heavy atom. The maximum Gasteiger partial charge on any atom is 0.320 e. The summed E-state index contributed by atoms with van der Waals surface area (Å²) in [5.41, 5.74) is 0. The normalized spacial score (nSPS) is 10.3. The summed E-state index contributed by atoms with van der Waals surface area (Å²) in [6.07, 6.45) is 0. The van der Waals surface area contributed by atoms with Gasteiger partial charge in [-0.1, -0.05) is 0 Å². The number of aliphatic hydroxyl groups is 1. The molecule has 0 radical (unpaired) electrons. The summed E-state index contributed by atoms with van der Waals surface area (Å²) < 4.78 is 0. The molecule has 2 amide bonds. The molecule has 0 saturated heterocycles. The highest BCUT2D eigenvalue weighted by Crippen LogP contribution is 2.02. The molecule has 0 aliphatic heterocycles. The van der Waals surface area contributed by atoms with Gasteiger partial charge in [0, 0.05) is 26.2 Å². The van der Waals surface area contributed by atoms with E-state index >= 15 is 0 Å². The molecule has 0 aliphatic rings. The van der Waals surface area contributed by atoms with Crippen molar-refractivity contribution in [2.75, 3.05) is 26.7 Å². The fraction of sp³-hybridized carbons (Fsp3) is 0.889. The minimum absolute atomic E-state index is 0.0154. The van der Waals surface area contributed by atoms with Crippen LogP contribution in [-0.4, -0.2) is 53.7 Å². The van der Waals surface area contributed by atoms with Crippen molar-refractivity contribution in [3.8, 4) is 0 Å². The molecule has 0 bridgehead atoms. The Hall–Kier alpha value is -0.770. The van der Waals surface area contributed by atoms with Crippen LogP contribution in [0.1, 0.15) is 20.8 Å². The first kappa shape index (κ1) is 12.2. The molecule has 13 heavy (non-hydrogen) atoms. The van der Waals surface area contributed by atoms with Gasteiger partial charge in [0.05, 0.1) is 6.61 Å². The van der Waals surface area contributed by atoms with Crippen molar-refractivity contribution in [2.45, 2.75) is 26.8 Å². The lowest BCUT2D eigenvalue weighted by Crippen LogP contribution is -2.46. The molecule has 78 valence electrons. The maximum atomic E-state index is 11.6. The van der Waals surface area contributed by atoms with Crippen LogP contribution in [-0.2, 0) is 0 Å². The number of amides is 2. The van der Waals surface area contributed by atoms with Gasteiger partial charge < -0.3 is 14.9 Å². The van der Waals surface area contributed by atoms with E-state index in [1.807, 2.05) is 20.8 Å². The van der Waals surface area contributed by atoms with Crippen molar-refractivity contribution in [1.82, 2.24) is 9.80 Å². The molecule has 0 unspecified atom stereocenters. The molecule has 0 aliphatic carbocycles. The van der Waals surface area contributed by atoms with E-state index in [1.165, 1.54) is 0 Å². The first-order chi connectivity index (χ1) is 6.04. The Labute approximate surface area is 80.1 Å². The Morgan fingerprint density at radius 3 is 2.31 bits per heavy atom. The fourth-order valence-corrected chi connectivity index (χ4v) is 1.04. The van der Waals surface area contributed by atoms with Crippen LogP contribution in [0.2, 0.25) is 0 Å². The number of carbonyl (C=O) groups excluding carboxylic acids is 1. The highest BCUT2D eigenvalue weighted by atomic mass is 16.3. The van der Waals surface area contributed by atoms with Crippen molar-refractivity contribution in [3.05, 3.63) is 0 Å². The van der Waals surface area contributed by atoms with Crippen LogP contribution in [0.15, 0.2) is 0 Å². The van der Waals surface area contributed by atoms with Gasteiger partial charge >= 0.3 is 6.03 Å². The highest BCUT2D eigenvalue weighted by Gasteiger charge is 2.18. The van der Waals surface area contributed by atoms with Gasteiger partial charge in [-0.3, -0.25) is 0 Å². The van der Waals surface area contributed by atoms with E-state index in [-0.39, 0.29) is 18.7 Å². The predicted octanol–water partition coefficient (Wildman–Crippen LogP) is 0.761. The fourth-order valence-electron chi connectivity index (χ4n) is 1.04. The van der Waals surface area contributed by atoms with Gasteiger partial charge in [0.15, 0.2) is 0 Å². The van der Waals surface area contributed by atoms with E-state index in [2.05, 4.69) is 0 Å².